The van der Waals surface area contributed by atoms with Gasteiger partial charge in [0.05, 0.1) is 22.2 Å². The lowest BCUT2D eigenvalue weighted by Gasteiger charge is -2.31. The molecule has 0 aliphatic carbocycles. The number of pyridine rings is 1. The molecule has 2 N–H and O–H groups in total. The molecule has 3 rings (SSSR count). The normalized spacial score (nSPS) is 18.1. The molecule has 0 bridgehead atoms. The van der Waals surface area contributed by atoms with Crippen LogP contribution in [-0.2, 0) is 9.59 Å². The Labute approximate surface area is 139 Å². The van der Waals surface area contributed by atoms with Crippen LogP contribution < -0.4 is 5.73 Å². The number of para-hydroxylation sites is 1. The highest BCUT2D eigenvalue weighted by molar-refractivity contribution is 7.99. The molecule has 2 heterocycles. The molecule has 6 heteroatoms. The molecule has 1 fully saturated rings. The molecule has 1 atom stereocenters. The van der Waals surface area contributed by atoms with Crippen molar-refractivity contribution in [2.45, 2.75) is 17.9 Å². The highest BCUT2D eigenvalue weighted by atomic mass is 32.2. The van der Waals surface area contributed by atoms with Crippen LogP contribution in [0.25, 0.3) is 10.9 Å². The summed E-state index contributed by atoms with van der Waals surface area (Å²) in [6.07, 6.45) is 1.61. The predicted molar refractivity (Wildman–Crippen MR) is 91.0 cm³/mol. The molecule has 1 aromatic heterocycles. The third-order valence-electron chi connectivity index (χ3n) is 4.09. The van der Waals surface area contributed by atoms with Gasteiger partial charge in [-0.25, -0.2) is 4.98 Å². The number of nitrogens with zero attached hydrogens (tertiary/aromatic N) is 2. The number of piperidine rings is 1. The van der Waals surface area contributed by atoms with Crippen molar-refractivity contribution >= 4 is 34.5 Å². The van der Waals surface area contributed by atoms with Gasteiger partial charge in [-0.05, 0) is 25.0 Å². The van der Waals surface area contributed by atoms with E-state index in [1.54, 1.807) is 4.90 Å². The molecular formula is C17H19N3O2S. The number of hydrogen-bond donors (Lipinski definition) is 1. The fourth-order valence-electron chi connectivity index (χ4n) is 2.79. The maximum atomic E-state index is 12.3. The summed E-state index contributed by atoms with van der Waals surface area (Å²) in [5, 5.41) is 1.92. The van der Waals surface area contributed by atoms with Crippen molar-refractivity contribution in [1.29, 1.82) is 0 Å². The Kier molecular flexibility index (Phi) is 4.81. The van der Waals surface area contributed by atoms with Crippen molar-refractivity contribution < 1.29 is 9.59 Å². The first-order valence-electron chi connectivity index (χ1n) is 7.69. The molecule has 5 nitrogen and oxygen atoms in total. The Bertz CT molecular complexity index is 735. The summed E-state index contributed by atoms with van der Waals surface area (Å²) in [6, 6.07) is 11.9. The van der Waals surface area contributed by atoms with Crippen molar-refractivity contribution in [3.8, 4) is 0 Å². The zero-order chi connectivity index (χ0) is 16.2. The summed E-state index contributed by atoms with van der Waals surface area (Å²) in [6.45, 7) is 1.15. The standard InChI is InChI=1S/C17H19N3O2S/c18-17(22)13-5-3-9-20(10-13)16(21)11-23-15-8-7-12-4-1-2-6-14(12)19-15/h1-2,4,6-8,13H,3,5,9-11H2,(H2,18,22). The van der Waals surface area contributed by atoms with E-state index in [9.17, 15) is 9.59 Å². The smallest absolute Gasteiger partial charge is 0.233 e. The summed E-state index contributed by atoms with van der Waals surface area (Å²) in [4.78, 5) is 29.9. The number of likely N-dealkylation sites (tertiary alicyclic amines) is 1. The molecule has 1 aromatic carbocycles. The van der Waals surface area contributed by atoms with Crippen LogP contribution in [0.3, 0.4) is 0 Å². The van der Waals surface area contributed by atoms with E-state index in [1.165, 1.54) is 11.8 Å². The topological polar surface area (TPSA) is 76.3 Å². The third-order valence-corrected chi connectivity index (χ3v) is 5.01. The molecule has 1 aliphatic heterocycles. The van der Waals surface area contributed by atoms with Gasteiger partial charge >= 0.3 is 0 Å². The molecule has 0 radical (unpaired) electrons. The van der Waals surface area contributed by atoms with E-state index in [2.05, 4.69) is 4.98 Å². The van der Waals surface area contributed by atoms with Gasteiger partial charge in [0, 0.05) is 18.5 Å². The molecule has 2 aromatic rings. The Morgan fingerprint density at radius 2 is 2.09 bits per heavy atom. The first-order chi connectivity index (χ1) is 11.1. The lowest BCUT2D eigenvalue weighted by molar-refractivity contribution is -0.132. The Hall–Kier alpha value is -2.08. The fraction of sp³-hybridized carbons (Fsp3) is 0.353. The Morgan fingerprint density at radius 1 is 1.26 bits per heavy atom. The number of carbonyl (C=O) groups is 2. The minimum absolute atomic E-state index is 0.0379. The van der Waals surface area contributed by atoms with Gasteiger partial charge in [0.15, 0.2) is 0 Å². The summed E-state index contributed by atoms with van der Waals surface area (Å²) in [5.74, 6) is -0.157. The van der Waals surface area contributed by atoms with E-state index >= 15 is 0 Å². The van der Waals surface area contributed by atoms with Gasteiger partial charge in [0.2, 0.25) is 11.8 Å². The van der Waals surface area contributed by atoms with E-state index in [4.69, 9.17) is 5.73 Å². The van der Waals surface area contributed by atoms with Gasteiger partial charge in [0.25, 0.3) is 0 Å². The summed E-state index contributed by atoms with van der Waals surface area (Å²) in [7, 11) is 0. The van der Waals surface area contributed by atoms with Crippen molar-refractivity contribution in [1.82, 2.24) is 9.88 Å². The zero-order valence-electron chi connectivity index (χ0n) is 12.8. The van der Waals surface area contributed by atoms with Crippen molar-refractivity contribution in [2.75, 3.05) is 18.8 Å². The summed E-state index contributed by atoms with van der Waals surface area (Å²) in [5.41, 5.74) is 6.28. The van der Waals surface area contributed by atoms with E-state index < -0.39 is 0 Å². The number of amides is 2. The van der Waals surface area contributed by atoms with Gasteiger partial charge in [-0.2, -0.15) is 0 Å². The number of carbonyl (C=O) groups excluding carboxylic acids is 2. The second-order valence-corrected chi connectivity index (χ2v) is 6.71. The van der Waals surface area contributed by atoms with Gasteiger partial charge in [-0.3, -0.25) is 9.59 Å². The van der Waals surface area contributed by atoms with Crippen molar-refractivity contribution in [3.63, 3.8) is 0 Å². The maximum absolute atomic E-state index is 12.3. The number of rotatable bonds is 4. The van der Waals surface area contributed by atoms with Crippen LogP contribution >= 0.6 is 11.8 Å². The van der Waals surface area contributed by atoms with Crippen molar-refractivity contribution in [2.24, 2.45) is 11.7 Å². The molecule has 23 heavy (non-hydrogen) atoms. The van der Waals surface area contributed by atoms with E-state index in [0.717, 1.165) is 28.8 Å². The van der Waals surface area contributed by atoms with Crippen LogP contribution in [0.15, 0.2) is 41.4 Å². The number of primary amides is 1. The van der Waals surface area contributed by atoms with Gasteiger partial charge in [-0.15, -0.1) is 0 Å². The minimum atomic E-state index is -0.314. The largest absolute Gasteiger partial charge is 0.369 e. The zero-order valence-corrected chi connectivity index (χ0v) is 13.6. The predicted octanol–water partition coefficient (Wildman–Crippen LogP) is 2.05. The Morgan fingerprint density at radius 3 is 2.91 bits per heavy atom. The molecule has 120 valence electrons. The van der Waals surface area contributed by atoms with Crippen LogP contribution in [0.1, 0.15) is 12.8 Å². The summed E-state index contributed by atoms with van der Waals surface area (Å²) >= 11 is 1.43. The van der Waals surface area contributed by atoms with Gasteiger partial charge in [-0.1, -0.05) is 36.0 Å². The van der Waals surface area contributed by atoms with Gasteiger partial charge in [0.1, 0.15) is 0 Å². The number of aromatic nitrogens is 1. The van der Waals surface area contributed by atoms with Gasteiger partial charge < -0.3 is 10.6 Å². The third kappa shape index (κ3) is 3.82. The molecule has 1 unspecified atom stereocenters. The molecule has 2 amide bonds. The van der Waals surface area contributed by atoms with Crippen molar-refractivity contribution in [3.05, 3.63) is 36.4 Å². The first kappa shape index (κ1) is 15.8. The Balaban J connectivity index is 1.60. The van der Waals surface area contributed by atoms with Crippen LogP contribution in [0.2, 0.25) is 0 Å². The molecule has 1 saturated heterocycles. The first-order valence-corrected chi connectivity index (χ1v) is 8.68. The second kappa shape index (κ2) is 7.00. The fourth-order valence-corrected chi connectivity index (χ4v) is 3.57. The average Bonchev–Trinajstić information content (AvgIpc) is 2.59. The quantitative estimate of drug-likeness (QED) is 0.871. The molecular weight excluding hydrogens is 310 g/mol. The van der Waals surface area contributed by atoms with Crippen LogP contribution in [0, 0.1) is 5.92 Å². The number of nitrogens with two attached hydrogens (primary N) is 1. The SMILES string of the molecule is NC(=O)C1CCCN(C(=O)CSc2ccc3ccccc3n2)C1. The number of benzene rings is 1. The van der Waals surface area contributed by atoms with E-state index in [-0.39, 0.29) is 17.7 Å². The highest BCUT2D eigenvalue weighted by Gasteiger charge is 2.26. The van der Waals surface area contributed by atoms with E-state index in [1.807, 2.05) is 36.4 Å². The minimum Gasteiger partial charge on any atom is -0.369 e. The van der Waals surface area contributed by atoms with Crippen LogP contribution in [0.4, 0.5) is 0 Å². The average molecular weight is 329 g/mol. The lowest BCUT2D eigenvalue weighted by atomic mass is 9.97. The van der Waals surface area contributed by atoms with Crippen LogP contribution in [0.5, 0.6) is 0 Å². The lowest BCUT2D eigenvalue weighted by Crippen LogP contribution is -2.44. The number of thioether (sulfide) groups is 1. The molecule has 0 saturated carbocycles. The number of hydrogen-bond acceptors (Lipinski definition) is 4. The second-order valence-electron chi connectivity index (χ2n) is 5.71. The van der Waals surface area contributed by atoms with E-state index in [0.29, 0.717) is 18.8 Å². The highest BCUT2D eigenvalue weighted by Crippen LogP contribution is 2.22. The molecule has 1 aliphatic rings. The van der Waals surface area contributed by atoms with Crippen LogP contribution in [-0.4, -0.2) is 40.5 Å². The number of fused-ring (bicyclic) bond motifs is 1. The molecule has 0 spiro atoms. The monoisotopic (exact) mass is 329 g/mol. The maximum Gasteiger partial charge on any atom is 0.233 e. The summed E-state index contributed by atoms with van der Waals surface area (Å²) < 4.78 is 0.